The second-order valence-electron chi connectivity index (χ2n) is 6.24. The number of carbonyl (C=O) groups is 1. The summed E-state index contributed by atoms with van der Waals surface area (Å²) in [6.45, 7) is 1.46. The van der Waals surface area contributed by atoms with Crippen molar-refractivity contribution < 1.29 is 40.6 Å². The highest BCUT2D eigenvalue weighted by Gasteiger charge is 2.44. The zero-order chi connectivity index (χ0) is 19.3. The minimum Gasteiger partial charge on any atom is -0.493 e. The highest BCUT2D eigenvalue weighted by Crippen LogP contribution is 2.50. The van der Waals surface area contributed by atoms with Crippen LogP contribution in [0.5, 0.6) is 11.5 Å². The predicted molar refractivity (Wildman–Crippen MR) is 77.2 cm³/mol. The number of carbonyl (C=O) groups excluding carboxylic acids is 1. The van der Waals surface area contributed by atoms with Gasteiger partial charge >= 0.3 is 18.3 Å². The first-order chi connectivity index (χ1) is 12.0. The third kappa shape index (κ3) is 3.28. The number of halogens is 6. The zero-order valence-corrected chi connectivity index (χ0v) is 13.6. The standard InChI is InChI=1S/C16H15F6NO3/c1-7(23-14(24)16(20,21)22)6-10-8-2-4-26-13(8)11(15(17,18)19)9-3-5-25-12(9)10/h7H,2-6H2,1H3,(H,23,24)/t7-/m1/s1. The molecule has 0 aromatic heterocycles. The van der Waals surface area contributed by atoms with E-state index in [1.165, 1.54) is 6.92 Å². The highest BCUT2D eigenvalue weighted by atomic mass is 19.4. The van der Waals surface area contributed by atoms with Gasteiger partial charge in [-0.15, -0.1) is 0 Å². The fraction of sp³-hybridized carbons (Fsp3) is 0.562. The summed E-state index contributed by atoms with van der Waals surface area (Å²) in [6.07, 6.45) is -9.51. The maximum Gasteiger partial charge on any atom is 0.471 e. The Morgan fingerprint density at radius 2 is 1.62 bits per heavy atom. The lowest BCUT2D eigenvalue weighted by Crippen LogP contribution is -2.42. The Kier molecular flexibility index (Phi) is 4.48. The number of benzene rings is 1. The third-order valence-electron chi connectivity index (χ3n) is 4.34. The average Bonchev–Trinajstić information content (AvgIpc) is 3.13. The lowest BCUT2D eigenvalue weighted by Gasteiger charge is -2.21. The molecule has 0 saturated carbocycles. The number of hydrogen-bond donors (Lipinski definition) is 1. The summed E-state index contributed by atoms with van der Waals surface area (Å²) < 4.78 is 88.2. The first-order valence-corrected chi connectivity index (χ1v) is 7.91. The molecule has 0 unspecified atom stereocenters. The van der Waals surface area contributed by atoms with E-state index < -0.39 is 29.9 Å². The molecule has 1 aromatic rings. The lowest BCUT2D eigenvalue weighted by atomic mass is 9.90. The predicted octanol–water partition coefficient (Wildman–Crippen LogP) is 3.18. The molecule has 2 aliphatic rings. The Balaban J connectivity index is 1.98. The van der Waals surface area contributed by atoms with Crippen LogP contribution >= 0.6 is 0 Å². The highest BCUT2D eigenvalue weighted by molar-refractivity contribution is 5.82. The maximum absolute atomic E-state index is 13.5. The molecule has 26 heavy (non-hydrogen) atoms. The molecule has 0 bridgehead atoms. The molecule has 0 aliphatic carbocycles. The van der Waals surface area contributed by atoms with Gasteiger partial charge in [0.15, 0.2) is 0 Å². The normalized spacial score (nSPS) is 17.2. The summed E-state index contributed by atoms with van der Waals surface area (Å²) in [5, 5.41) is 1.81. The summed E-state index contributed by atoms with van der Waals surface area (Å²) in [4.78, 5) is 11.1. The number of nitrogens with one attached hydrogen (secondary N) is 1. The molecule has 0 saturated heterocycles. The van der Waals surface area contributed by atoms with Crippen LogP contribution in [-0.2, 0) is 30.2 Å². The topological polar surface area (TPSA) is 47.6 Å². The fourth-order valence-corrected chi connectivity index (χ4v) is 3.38. The van der Waals surface area contributed by atoms with Crippen LogP contribution < -0.4 is 14.8 Å². The van der Waals surface area contributed by atoms with Crippen LogP contribution in [0.1, 0.15) is 29.2 Å². The van der Waals surface area contributed by atoms with Gasteiger partial charge in [0.25, 0.3) is 0 Å². The monoisotopic (exact) mass is 383 g/mol. The van der Waals surface area contributed by atoms with Gasteiger partial charge in [0, 0.05) is 35.6 Å². The first kappa shape index (κ1) is 18.7. The van der Waals surface area contributed by atoms with E-state index in [4.69, 9.17) is 9.47 Å². The van der Waals surface area contributed by atoms with Crippen LogP contribution in [-0.4, -0.2) is 31.3 Å². The van der Waals surface area contributed by atoms with Crippen LogP contribution in [0, 0.1) is 0 Å². The smallest absolute Gasteiger partial charge is 0.471 e. The molecule has 10 heteroatoms. The van der Waals surface area contributed by atoms with Gasteiger partial charge in [0.1, 0.15) is 17.1 Å². The lowest BCUT2D eigenvalue weighted by molar-refractivity contribution is -0.174. The fourth-order valence-electron chi connectivity index (χ4n) is 3.38. The van der Waals surface area contributed by atoms with Crippen LogP contribution in [0.4, 0.5) is 26.3 Å². The maximum atomic E-state index is 13.5. The molecule has 1 aromatic carbocycles. The number of alkyl halides is 6. The van der Waals surface area contributed by atoms with Gasteiger partial charge < -0.3 is 14.8 Å². The van der Waals surface area contributed by atoms with E-state index in [1.54, 1.807) is 0 Å². The van der Waals surface area contributed by atoms with Crippen molar-refractivity contribution in [2.75, 3.05) is 13.2 Å². The average molecular weight is 383 g/mol. The molecule has 0 radical (unpaired) electrons. The van der Waals surface area contributed by atoms with Gasteiger partial charge in [-0.25, -0.2) is 0 Å². The van der Waals surface area contributed by atoms with Crippen LogP contribution in [0.25, 0.3) is 0 Å². The molecule has 2 heterocycles. The minimum absolute atomic E-state index is 0.0388. The van der Waals surface area contributed by atoms with Crippen molar-refractivity contribution >= 4 is 5.91 Å². The minimum atomic E-state index is -5.03. The van der Waals surface area contributed by atoms with Crippen LogP contribution in [0.2, 0.25) is 0 Å². The second kappa shape index (κ2) is 6.24. The van der Waals surface area contributed by atoms with E-state index in [1.807, 2.05) is 5.32 Å². The van der Waals surface area contributed by atoms with E-state index in [0.717, 1.165) is 0 Å². The summed E-state index contributed by atoms with van der Waals surface area (Å²) in [6, 6.07) is -0.945. The quantitative estimate of drug-likeness (QED) is 0.816. The molecule has 0 spiro atoms. The van der Waals surface area contributed by atoms with Crippen LogP contribution in [0.15, 0.2) is 0 Å². The van der Waals surface area contributed by atoms with Gasteiger partial charge in [0.05, 0.1) is 13.2 Å². The van der Waals surface area contributed by atoms with Gasteiger partial charge in [0.2, 0.25) is 0 Å². The molecule has 1 N–H and O–H groups in total. The molecular formula is C16H15F6NO3. The largest absolute Gasteiger partial charge is 0.493 e. The van der Waals surface area contributed by atoms with Crippen molar-refractivity contribution in [2.45, 2.75) is 44.6 Å². The Bertz CT molecular complexity index is 706. The summed E-state index contributed by atoms with van der Waals surface area (Å²) in [5.41, 5.74) is -0.255. The molecule has 3 rings (SSSR count). The Morgan fingerprint density at radius 3 is 2.19 bits per heavy atom. The number of hydrogen-bond acceptors (Lipinski definition) is 3. The van der Waals surface area contributed by atoms with Crippen LogP contribution in [0.3, 0.4) is 0 Å². The molecule has 144 valence electrons. The summed E-state index contributed by atoms with van der Waals surface area (Å²) >= 11 is 0. The molecular weight excluding hydrogens is 368 g/mol. The zero-order valence-electron chi connectivity index (χ0n) is 13.6. The third-order valence-corrected chi connectivity index (χ3v) is 4.34. The molecule has 1 amide bonds. The second-order valence-corrected chi connectivity index (χ2v) is 6.24. The van der Waals surface area contributed by atoms with Crippen molar-refractivity contribution in [3.8, 4) is 11.5 Å². The van der Waals surface area contributed by atoms with Crippen molar-refractivity contribution in [3.05, 3.63) is 22.3 Å². The Labute approximate surface area is 144 Å². The number of rotatable bonds is 3. The summed E-state index contributed by atoms with van der Waals surface area (Å²) in [5.74, 6) is -2.32. The van der Waals surface area contributed by atoms with E-state index in [-0.39, 0.29) is 55.1 Å². The number of fused-ring (bicyclic) bond motifs is 2. The van der Waals surface area contributed by atoms with E-state index in [2.05, 4.69) is 0 Å². The van der Waals surface area contributed by atoms with E-state index >= 15 is 0 Å². The van der Waals surface area contributed by atoms with Gasteiger partial charge in [-0.2, -0.15) is 26.3 Å². The molecule has 0 fully saturated rings. The van der Waals surface area contributed by atoms with Crippen molar-refractivity contribution in [2.24, 2.45) is 0 Å². The van der Waals surface area contributed by atoms with Crippen molar-refractivity contribution in [1.82, 2.24) is 5.32 Å². The summed E-state index contributed by atoms with van der Waals surface area (Å²) in [7, 11) is 0. The number of ether oxygens (including phenoxy) is 2. The first-order valence-electron chi connectivity index (χ1n) is 7.91. The SMILES string of the molecule is C[C@H](Cc1c2c(c(C(F)(F)F)c3c1OCC3)OCC2)NC(=O)C(F)(F)F. The molecule has 2 aliphatic heterocycles. The number of amides is 1. The van der Waals surface area contributed by atoms with Crippen molar-refractivity contribution in [1.29, 1.82) is 0 Å². The van der Waals surface area contributed by atoms with E-state index in [0.29, 0.717) is 5.56 Å². The van der Waals surface area contributed by atoms with E-state index in [9.17, 15) is 31.1 Å². The Hall–Kier alpha value is -2.13. The molecule has 4 nitrogen and oxygen atoms in total. The molecule has 1 atom stereocenters. The Morgan fingerprint density at radius 1 is 1.04 bits per heavy atom. The van der Waals surface area contributed by atoms with Gasteiger partial charge in [-0.05, 0) is 13.3 Å². The van der Waals surface area contributed by atoms with Gasteiger partial charge in [-0.1, -0.05) is 0 Å². The van der Waals surface area contributed by atoms with Crippen molar-refractivity contribution in [3.63, 3.8) is 0 Å². The van der Waals surface area contributed by atoms with Gasteiger partial charge in [-0.3, -0.25) is 4.79 Å².